The third-order valence-electron chi connectivity index (χ3n) is 4.48. The Bertz CT molecular complexity index is 1270. The van der Waals surface area contributed by atoms with E-state index >= 15 is 0 Å². The normalized spacial score (nSPS) is 12.2. The van der Waals surface area contributed by atoms with Crippen molar-refractivity contribution in [2.24, 2.45) is 0 Å². The molecule has 4 rings (SSSR count). The van der Waals surface area contributed by atoms with E-state index in [0.717, 1.165) is 11.1 Å². The van der Waals surface area contributed by atoms with E-state index in [4.69, 9.17) is 4.55 Å². The molecule has 8 heteroatoms. The molecular formula is C21H16FN3O3S. The summed E-state index contributed by atoms with van der Waals surface area (Å²) in [5, 5.41) is 5.73. The number of benzene rings is 3. The minimum atomic E-state index is -2.11. The Morgan fingerprint density at radius 3 is 2.45 bits per heavy atom. The van der Waals surface area contributed by atoms with Gasteiger partial charge < -0.3 is 0 Å². The summed E-state index contributed by atoms with van der Waals surface area (Å²) in [7, 11) is 0. The molecule has 0 saturated carbocycles. The molecular weight excluding hydrogens is 393 g/mol. The van der Waals surface area contributed by atoms with E-state index in [2.05, 4.69) is 9.82 Å². The monoisotopic (exact) mass is 409 g/mol. The molecule has 0 saturated heterocycles. The van der Waals surface area contributed by atoms with Crippen LogP contribution in [0.4, 0.5) is 4.39 Å². The highest BCUT2D eigenvalue weighted by Crippen LogP contribution is 2.26. The minimum absolute atomic E-state index is 0.201. The molecule has 4 aromatic rings. The van der Waals surface area contributed by atoms with Crippen LogP contribution in [0.15, 0.2) is 77.6 Å². The fraction of sp³-hybridized carbons (Fsp3) is 0.0476. The average Bonchev–Trinajstić information content (AvgIpc) is 2.74. The van der Waals surface area contributed by atoms with E-state index in [1.165, 1.54) is 28.9 Å². The maximum Gasteiger partial charge on any atom is 0.279 e. The van der Waals surface area contributed by atoms with E-state index in [1.807, 2.05) is 36.4 Å². The summed E-state index contributed by atoms with van der Waals surface area (Å²) in [6.45, 7) is 0.201. The number of hydrogen-bond acceptors (Lipinski definition) is 3. The largest absolute Gasteiger partial charge is 0.294 e. The average molecular weight is 409 g/mol. The topological polar surface area (TPSA) is 84.2 Å². The van der Waals surface area contributed by atoms with E-state index in [-0.39, 0.29) is 12.1 Å². The van der Waals surface area contributed by atoms with Gasteiger partial charge in [0, 0.05) is 17.5 Å². The van der Waals surface area contributed by atoms with Gasteiger partial charge in [-0.15, -0.1) is 0 Å². The van der Waals surface area contributed by atoms with Gasteiger partial charge in [-0.05, 0) is 42.0 Å². The maximum atomic E-state index is 13.3. The molecule has 0 aliphatic rings. The van der Waals surface area contributed by atoms with Crippen molar-refractivity contribution in [3.8, 4) is 16.9 Å². The Morgan fingerprint density at radius 1 is 1.00 bits per heavy atom. The first-order chi connectivity index (χ1) is 14.0. The number of aromatic nitrogens is 2. The van der Waals surface area contributed by atoms with Crippen LogP contribution in [-0.2, 0) is 17.8 Å². The second-order valence-electron chi connectivity index (χ2n) is 6.36. The van der Waals surface area contributed by atoms with Crippen LogP contribution in [-0.4, -0.2) is 18.5 Å². The molecule has 0 spiro atoms. The van der Waals surface area contributed by atoms with Gasteiger partial charge in [0.25, 0.3) is 5.56 Å². The van der Waals surface area contributed by atoms with E-state index in [9.17, 15) is 13.4 Å². The van der Waals surface area contributed by atoms with Crippen molar-refractivity contribution >= 4 is 22.0 Å². The van der Waals surface area contributed by atoms with E-state index in [1.54, 1.807) is 12.1 Å². The highest BCUT2D eigenvalue weighted by molar-refractivity contribution is 7.77. The SMILES string of the molecule is O=c1c2ccccc2c(-c2cccc(CNS(=O)O)c2)nn1-c1ccc(F)cc1. The zero-order chi connectivity index (χ0) is 20.4. The fourth-order valence-corrected chi connectivity index (χ4v) is 3.42. The highest BCUT2D eigenvalue weighted by Gasteiger charge is 2.14. The number of halogens is 1. The number of fused-ring (bicyclic) bond motifs is 1. The molecule has 1 atom stereocenters. The zero-order valence-electron chi connectivity index (χ0n) is 15.1. The molecule has 0 aliphatic carbocycles. The molecule has 0 amide bonds. The third-order valence-corrected chi connectivity index (χ3v) is 4.87. The second kappa shape index (κ2) is 8.04. The van der Waals surface area contributed by atoms with Crippen molar-refractivity contribution in [3.05, 3.63) is 94.5 Å². The molecule has 1 aromatic heterocycles. The number of nitrogens with one attached hydrogen (secondary N) is 1. The predicted octanol–water partition coefficient (Wildman–Crippen LogP) is 3.42. The molecule has 0 aliphatic heterocycles. The Kier molecular flexibility index (Phi) is 5.30. The van der Waals surface area contributed by atoms with Crippen LogP contribution in [0.1, 0.15) is 5.56 Å². The Balaban J connectivity index is 1.91. The molecule has 1 heterocycles. The maximum absolute atomic E-state index is 13.3. The molecule has 0 radical (unpaired) electrons. The molecule has 2 N–H and O–H groups in total. The van der Waals surface area contributed by atoms with Crippen LogP contribution in [0.2, 0.25) is 0 Å². The summed E-state index contributed by atoms with van der Waals surface area (Å²) in [6, 6.07) is 20.0. The second-order valence-corrected chi connectivity index (χ2v) is 7.15. The van der Waals surface area contributed by atoms with Gasteiger partial charge in [0.15, 0.2) is 0 Å². The van der Waals surface area contributed by atoms with E-state index in [0.29, 0.717) is 22.2 Å². The third kappa shape index (κ3) is 4.00. The van der Waals surface area contributed by atoms with Gasteiger partial charge in [0.2, 0.25) is 11.3 Å². The Morgan fingerprint density at radius 2 is 1.72 bits per heavy atom. The van der Waals surface area contributed by atoms with Crippen molar-refractivity contribution in [2.45, 2.75) is 6.54 Å². The lowest BCUT2D eigenvalue weighted by atomic mass is 10.0. The van der Waals surface area contributed by atoms with Crippen LogP contribution in [0.3, 0.4) is 0 Å². The summed E-state index contributed by atoms with van der Waals surface area (Å²) >= 11 is -2.11. The molecule has 3 aromatic carbocycles. The van der Waals surface area contributed by atoms with Crippen LogP contribution in [0, 0.1) is 5.82 Å². The Labute approximate surface area is 168 Å². The summed E-state index contributed by atoms with van der Waals surface area (Å²) in [4.78, 5) is 13.0. The Hall–Kier alpha value is -3.20. The standard InChI is InChI=1S/C21H16FN3O3S/c22-16-8-10-17(11-9-16)25-21(26)19-7-2-1-6-18(19)20(24-25)15-5-3-4-14(12-15)13-23-29(27)28/h1-12,23H,13H2,(H,27,28). The molecule has 0 fully saturated rings. The lowest BCUT2D eigenvalue weighted by Gasteiger charge is -2.12. The summed E-state index contributed by atoms with van der Waals surface area (Å²) in [5.41, 5.74) is 2.27. The van der Waals surface area contributed by atoms with Crippen LogP contribution < -0.4 is 10.3 Å². The van der Waals surface area contributed by atoms with Crippen LogP contribution in [0.25, 0.3) is 27.7 Å². The van der Waals surface area contributed by atoms with Crippen molar-refractivity contribution in [1.29, 1.82) is 0 Å². The van der Waals surface area contributed by atoms with E-state index < -0.39 is 17.1 Å². The van der Waals surface area contributed by atoms with Gasteiger partial charge in [0.05, 0.1) is 16.8 Å². The molecule has 1 unspecified atom stereocenters. The number of hydrogen-bond donors (Lipinski definition) is 2. The molecule has 29 heavy (non-hydrogen) atoms. The minimum Gasteiger partial charge on any atom is -0.294 e. The molecule has 146 valence electrons. The van der Waals surface area contributed by atoms with Gasteiger partial charge in [-0.25, -0.2) is 13.3 Å². The lowest BCUT2D eigenvalue weighted by molar-refractivity contribution is 0.548. The first-order valence-corrected chi connectivity index (χ1v) is 9.85. The summed E-state index contributed by atoms with van der Waals surface area (Å²) in [5.74, 6) is -0.399. The number of rotatable bonds is 5. The van der Waals surface area contributed by atoms with Crippen LogP contribution >= 0.6 is 0 Å². The van der Waals surface area contributed by atoms with Gasteiger partial charge >= 0.3 is 0 Å². The van der Waals surface area contributed by atoms with Gasteiger partial charge in [0.1, 0.15) is 5.82 Å². The van der Waals surface area contributed by atoms with Gasteiger partial charge in [-0.2, -0.15) is 9.78 Å². The van der Waals surface area contributed by atoms with Crippen molar-refractivity contribution < 1.29 is 13.2 Å². The predicted molar refractivity (Wildman–Crippen MR) is 110 cm³/mol. The van der Waals surface area contributed by atoms with Gasteiger partial charge in [-0.3, -0.25) is 9.35 Å². The summed E-state index contributed by atoms with van der Waals surface area (Å²) < 4.78 is 36.8. The molecule has 0 bridgehead atoms. The smallest absolute Gasteiger partial charge is 0.279 e. The van der Waals surface area contributed by atoms with Crippen molar-refractivity contribution in [3.63, 3.8) is 0 Å². The van der Waals surface area contributed by atoms with Crippen LogP contribution in [0.5, 0.6) is 0 Å². The zero-order valence-corrected chi connectivity index (χ0v) is 15.9. The van der Waals surface area contributed by atoms with Crippen molar-refractivity contribution in [1.82, 2.24) is 14.5 Å². The summed E-state index contributed by atoms with van der Waals surface area (Å²) in [6.07, 6.45) is 0. The lowest BCUT2D eigenvalue weighted by Crippen LogP contribution is -2.22. The molecule has 6 nitrogen and oxygen atoms in total. The first kappa shape index (κ1) is 19.1. The highest BCUT2D eigenvalue weighted by atomic mass is 32.2. The van der Waals surface area contributed by atoms with Crippen molar-refractivity contribution in [2.75, 3.05) is 0 Å². The van der Waals surface area contributed by atoms with Gasteiger partial charge in [-0.1, -0.05) is 36.4 Å². The first-order valence-electron chi connectivity index (χ1n) is 8.74. The number of nitrogens with zero attached hydrogens (tertiary/aromatic N) is 2. The fourth-order valence-electron chi connectivity index (χ4n) is 3.13. The quantitative estimate of drug-likeness (QED) is 0.495.